The van der Waals surface area contributed by atoms with E-state index in [9.17, 15) is 71.0 Å². The van der Waals surface area contributed by atoms with Gasteiger partial charge in [-0.3, -0.25) is 48.1 Å². The van der Waals surface area contributed by atoms with Crippen LogP contribution in [0.1, 0.15) is 131 Å². The van der Waals surface area contributed by atoms with Crippen LogP contribution in [-0.2, 0) is 84.4 Å². The van der Waals surface area contributed by atoms with Crippen molar-refractivity contribution in [3.63, 3.8) is 0 Å². The van der Waals surface area contributed by atoms with Crippen LogP contribution in [0.5, 0.6) is 5.75 Å². The first-order valence-electron chi connectivity index (χ1n) is 41.6. The maximum atomic E-state index is 14.9. The lowest BCUT2D eigenvalue weighted by atomic mass is 9.89. The average Bonchev–Trinajstić information content (AvgIpc) is 1.60. The highest BCUT2D eigenvalue weighted by Gasteiger charge is 2.46. The van der Waals surface area contributed by atoms with Gasteiger partial charge in [0.15, 0.2) is 0 Å². The Hall–Kier alpha value is -10.1. The van der Waals surface area contributed by atoms with Crippen molar-refractivity contribution in [3.8, 4) is 5.75 Å². The molecule has 0 bridgehead atoms. The van der Waals surface area contributed by atoms with Gasteiger partial charge in [0.1, 0.15) is 49.7 Å². The Morgan fingerprint density at radius 3 is 1.76 bits per heavy atom. The SMILES string of the molecule is CCC(C)[C@@H]([C@@H](CC(=O)N1CCC[C@H]1[C@H](OC)[C@@H](C)C(=O)N[C@H](C)[C@@H](O)c1ccccc1)OC)N(C)C(=O)[C@@H](NC(=O)[C@H](C(C)C)N(C)C(=O)OCc1ccc(NC(=O)[C@H](CCCNC(N)=O)NC(=O)[C@@H](NC(=O)COCCOCCOCCOc2ccc(N3C(=O)C(Sc4ccccc4)=C(Sc4ccccc4)C3=O)cc2C(F)(F)F)C(C)C)cc1)C(C)C. The lowest BCUT2D eigenvalue weighted by Gasteiger charge is -2.41. The first-order valence-corrected chi connectivity index (χ1v) is 43.2. The van der Waals surface area contributed by atoms with E-state index in [0.29, 0.717) is 52.8 Å². The summed E-state index contributed by atoms with van der Waals surface area (Å²) in [5.41, 5.74) is 5.21. The molecule has 12 atom stereocenters. The number of methoxy groups -OCH3 is 2. The Bertz CT molecular complexity index is 4330. The fourth-order valence-electron chi connectivity index (χ4n) is 14.6. The van der Waals surface area contributed by atoms with E-state index in [1.807, 2.05) is 32.0 Å². The second-order valence-electron chi connectivity index (χ2n) is 31.5. The van der Waals surface area contributed by atoms with Gasteiger partial charge in [-0.1, -0.05) is 171 Å². The average molecular weight is 1770 g/mol. The molecular weight excluding hydrogens is 1650 g/mol. The summed E-state index contributed by atoms with van der Waals surface area (Å²) in [6.45, 7) is 17.1. The highest BCUT2D eigenvalue weighted by atomic mass is 32.2. The molecule has 0 saturated carbocycles. The number of thioether (sulfide) groups is 2. The number of likely N-dealkylation sites (tertiary alicyclic amines) is 1. The second-order valence-corrected chi connectivity index (χ2v) is 33.7. The first kappa shape index (κ1) is 101. The normalized spacial score (nSPS) is 16.3. The molecule has 2 aliphatic rings. The molecule has 7 rings (SSSR count). The highest BCUT2D eigenvalue weighted by molar-refractivity contribution is 8.08. The number of imide groups is 1. The Kier molecular flexibility index (Phi) is 40.3. The monoisotopic (exact) mass is 1770 g/mol. The molecule has 30 nitrogen and oxygen atoms in total. The predicted octanol–water partition coefficient (Wildman–Crippen LogP) is 10.4. The fourth-order valence-corrected chi connectivity index (χ4v) is 16.6. The maximum Gasteiger partial charge on any atom is 0.420 e. The molecule has 12 amide bonds. The molecule has 2 heterocycles. The number of likely N-dealkylation sites (N-methyl/N-ethyl adjacent to an activating group) is 2. The number of hydrogen-bond acceptors (Lipinski definition) is 21. The van der Waals surface area contributed by atoms with Crippen LogP contribution in [0.15, 0.2) is 153 Å². The van der Waals surface area contributed by atoms with Gasteiger partial charge < -0.3 is 85.7 Å². The number of ether oxygens (including phenoxy) is 7. The molecule has 0 radical (unpaired) electrons. The number of aliphatic hydroxyl groups is 1. The Morgan fingerprint density at radius 1 is 0.645 bits per heavy atom. The van der Waals surface area contributed by atoms with E-state index in [-0.39, 0.29) is 111 Å². The van der Waals surface area contributed by atoms with Crippen molar-refractivity contribution in [1.29, 1.82) is 0 Å². The van der Waals surface area contributed by atoms with Gasteiger partial charge in [0.2, 0.25) is 41.4 Å². The number of nitrogens with one attached hydrogen (secondary N) is 6. The topological polar surface area (TPSA) is 384 Å². The van der Waals surface area contributed by atoms with Gasteiger partial charge in [0, 0.05) is 56.9 Å². The molecule has 0 spiro atoms. The van der Waals surface area contributed by atoms with E-state index in [1.54, 1.807) is 164 Å². The van der Waals surface area contributed by atoms with Crippen LogP contribution in [0.2, 0.25) is 0 Å². The summed E-state index contributed by atoms with van der Waals surface area (Å²) in [4.78, 5) is 159. The van der Waals surface area contributed by atoms with Crippen molar-refractivity contribution in [1.82, 2.24) is 41.3 Å². The molecule has 1 fully saturated rings. The third-order valence-electron chi connectivity index (χ3n) is 21.4. The standard InChI is InChI=1S/C89H120F3N11O19S2/c1-15-56(8)75(69(116-13)50-71(105)102-42-26-34-67(102)77(117-14)57(9)80(107)95-58(10)76(106)60-27-19-16-20-28-60)100(11)84(111)73(54(4)5)99-83(110)74(55(6)7)101(12)88(115)122-51-59-35-37-61(38-36-59)96-81(108)66(33-25-41-94-87(93)114)97-82(109)72(53(2)3)98-70(104)52-120-46-45-118-43-44-119-47-48-121-68-40-39-62(49-65(68)89(90,91)92)103-85(112)78(123-63-29-21-17-22-30-63)79(86(103)113)124-64-31-23-18-24-32-64/h16-24,27-32,35-40,49,53-58,66-67,69,72-77,106H,15,25-26,33-34,41-48,50-52H2,1-14H3,(H,95,107)(H,96,108)(H,97,109)(H,98,104)(H,99,110)(H3,93,94,114)/t56?,57-,58-,66+,67+,69-,72+,73+,74+,75+,76-,77-/m1/s1. The van der Waals surface area contributed by atoms with Gasteiger partial charge in [-0.25, -0.2) is 14.5 Å². The summed E-state index contributed by atoms with van der Waals surface area (Å²) >= 11 is 2.09. The fraction of sp³-hybridized carbons (Fsp3) is 0.517. The predicted molar refractivity (Wildman–Crippen MR) is 463 cm³/mol. The molecule has 9 N–H and O–H groups in total. The Balaban J connectivity index is 0.848. The minimum Gasteiger partial charge on any atom is -0.491 e. The second kappa shape index (κ2) is 49.5. The van der Waals surface area contributed by atoms with Crippen LogP contribution in [0.4, 0.5) is 34.1 Å². The summed E-state index contributed by atoms with van der Waals surface area (Å²) in [6.07, 6.45) is -6.30. The van der Waals surface area contributed by atoms with Gasteiger partial charge in [0.05, 0.1) is 103 Å². The highest BCUT2D eigenvalue weighted by Crippen LogP contribution is 2.46. The molecule has 5 aromatic carbocycles. The van der Waals surface area contributed by atoms with Crippen LogP contribution in [0, 0.1) is 29.6 Å². The number of aliphatic hydroxyl groups excluding tert-OH is 1. The van der Waals surface area contributed by atoms with Crippen molar-refractivity contribution in [2.45, 2.75) is 191 Å². The quantitative estimate of drug-likeness (QED) is 0.0132. The molecule has 124 heavy (non-hydrogen) atoms. The zero-order chi connectivity index (χ0) is 91.1. The number of nitrogens with two attached hydrogens (primary N) is 1. The van der Waals surface area contributed by atoms with Crippen LogP contribution in [0.3, 0.4) is 0 Å². The number of halogens is 3. The number of hydrogen-bond donors (Lipinski definition) is 8. The molecule has 1 unspecified atom stereocenters. The number of carbonyl (C=O) groups is 11. The van der Waals surface area contributed by atoms with E-state index < -0.39 is 162 Å². The molecule has 5 aromatic rings. The Morgan fingerprint density at radius 2 is 1.22 bits per heavy atom. The van der Waals surface area contributed by atoms with Crippen LogP contribution in [-0.4, -0.2) is 227 Å². The van der Waals surface area contributed by atoms with E-state index in [2.05, 4.69) is 31.9 Å². The lowest BCUT2D eigenvalue weighted by molar-refractivity contribution is -0.148. The molecule has 0 aliphatic carbocycles. The van der Waals surface area contributed by atoms with Gasteiger partial charge >= 0.3 is 18.3 Å². The first-order chi connectivity index (χ1) is 59.0. The van der Waals surface area contributed by atoms with E-state index >= 15 is 0 Å². The van der Waals surface area contributed by atoms with Gasteiger partial charge in [-0.2, -0.15) is 13.2 Å². The summed E-state index contributed by atoms with van der Waals surface area (Å²) in [5, 5.41) is 27.4. The molecule has 2 aliphatic heterocycles. The number of primary amides is 1. The van der Waals surface area contributed by atoms with E-state index in [0.717, 1.165) is 39.4 Å². The van der Waals surface area contributed by atoms with Gasteiger partial charge in [-0.05, 0) is 122 Å². The number of urea groups is 1. The molecule has 0 aromatic heterocycles. The molecular formula is C89H120F3N11O19S2. The lowest BCUT2D eigenvalue weighted by Crippen LogP contribution is -2.60. The number of nitrogens with zero attached hydrogens (tertiary/aromatic N) is 4. The summed E-state index contributed by atoms with van der Waals surface area (Å²) in [5.74, 6) is -8.08. The minimum atomic E-state index is -4.94. The van der Waals surface area contributed by atoms with Gasteiger partial charge in [0.25, 0.3) is 11.8 Å². The summed E-state index contributed by atoms with van der Waals surface area (Å²) < 4.78 is 83.6. The van der Waals surface area contributed by atoms with Crippen molar-refractivity contribution in [3.05, 3.63) is 160 Å². The largest absolute Gasteiger partial charge is 0.491 e. The number of alkyl halides is 3. The van der Waals surface area contributed by atoms with Crippen LogP contribution >= 0.6 is 23.5 Å². The van der Waals surface area contributed by atoms with Crippen molar-refractivity contribution < 1.29 is 104 Å². The zero-order valence-electron chi connectivity index (χ0n) is 72.8. The number of benzene rings is 5. The minimum absolute atomic E-state index is 0.00339. The van der Waals surface area contributed by atoms with Crippen LogP contribution < -0.4 is 47.3 Å². The molecule has 35 heteroatoms. The number of amides is 12. The van der Waals surface area contributed by atoms with E-state index in [1.165, 1.54) is 32.2 Å². The molecule has 1 saturated heterocycles. The summed E-state index contributed by atoms with van der Waals surface area (Å²) in [7, 11) is 6.03. The number of carbonyl (C=O) groups excluding carboxylic acids is 11. The van der Waals surface area contributed by atoms with Gasteiger partial charge in [-0.15, -0.1) is 0 Å². The third-order valence-corrected chi connectivity index (χ3v) is 23.8. The smallest absolute Gasteiger partial charge is 0.420 e. The molecule has 678 valence electrons. The van der Waals surface area contributed by atoms with Crippen molar-refractivity contribution in [2.24, 2.45) is 35.3 Å². The van der Waals surface area contributed by atoms with Crippen molar-refractivity contribution >= 4 is 100 Å². The summed E-state index contributed by atoms with van der Waals surface area (Å²) in [6, 6.07) is 28.8. The third kappa shape index (κ3) is 29.2. The van der Waals surface area contributed by atoms with E-state index in [4.69, 9.17) is 38.9 Å². The van der Waals surface area contributed by atoms with Crippen LogP contribution in [0.25, 0.3) is 0 Å². The Labute approximate surface area is 731 Å². The zero-order valence-corrected chi connectivity index (χ0v) is 74.4. The maximum absolute atomic E-state index is 14.9. The number of anilines is 2. The van der Waals surface area contributed by atoms with Crippen molar-refractivity contribution in [2.75, 3.05) is 97.9 Å². The number of rotatable bonds is 49.